The Morgan fingerprint density at radius 2 is 1.88 bits per heavy atom. The number of benzene rings is 2. The fourth-order valence-electron chi connectivity index (χ4n) is 2.01. The molecule has 0 aliphatic rings. The van der Waals surface area contributed by atoms with Crippen molar-refractivity contribution >= 4 is 29.2 Å². The van der Waals surface area contributed by atoms with Crippen LogP contribution in [-0.2, 0) is 20.9 Å². The van der Waals surface area contributed by atoms with Crippen LogP contribution in [0.3, 0.4) is 0 Å². The van der Waals surface area contributed by atoms with E-state index in [0.717, 1.165) is 11.6 Å². The molecule has 7 heteroatoms. The molecule has 0 radical (unpaired) electrons. The fourth-order valence-corrected chi connectivity index (χ4v) is 2.23. The smallest absolute Gasteiger partial charge is 0.338 e. The van der Waals surface area contributed by atoms with Crippen LogP contribution in [0.4, 0.5) is 10.1 Å². The summed E-state index contributed by atoms with van der Waals surface area (Å²) in [6.45, 7) is 1.87. The quantitative estimate of drug-likeness (QED) is 0.790. The molecule has 132 valence electrons. The van der Waals surface area contributed by atoms with Crippen LogP contribution in [0.15, 0.2) is 42.5 Å². The first-order valence-corrected chi connectivity index (χ1v) is 7.83. The van der Waals surface area contributed by atoms with Gasteiger partial charge in [-0.3, -0.25) is 4.79 Å². The van der Waals surface area contributed by atoms with Crippen LogP contribution in [0.1, 0.15) is 22.8 Å². The Morgan fingerprint density at radius 3 is 2.48 bits per heavy atom. The Morgan fingerprint density at radius 1 is 1.20 bits per heavy atom. The number of methoxy groups -OCH3 is 1. The molecule has 0 unspecified atom stereocenters. The van der Waals surface area contributed by atoms with E-state index < -0.39 is 23.8 Å². The average Bonchev–Trinajstić information content (AvgIpc) is 2.58. The number of hydrogen-bond acceptors (Lipinski definition) is 4. The van der Waals surface area contributed by atoms with Gasteiger partial charge in [-0.1, -0.05) is 23.7 Å². The van der Waals surface area contributed by atoms with Crippen molar-refractivity contribution in [3.05, 3.63) is 64.4 Å². The number of halogens is 2. The first kappa shape index (κ1) is 18.9. The molecular formula is C18H17ClFNO4. The molecule has 2 aromatic rings. The topological polar surface area (TPSA) is 64.6 Å². The maximum atomic E-state index is 13.0. The normalized spacial score (nSPS) is 11.7. The van der Waals surface area contributed by atoms with Gasteiger partial charge in [0.1, 0.15) is 5.82 Å². The first-order chi connectivity index (χ1) is 11.9. The lowest BCUT2D eigenvalue weighted by molar-refractivity contribution is -0.123. The van der Waals surface area contributed by atoms with Crippen LogP contribution in [-0.4, -0.2) is 25.1 Å². The molecule has 25 heavy (non-hydrogen) atoms. The zero-order valence-corrected chi connectivity index (χ0v) is 14.5. The van der Waals surface area contributed by atoms with E-state index in [4.69, 9.17) is 21.1 Å². The minimum absolute atomic E-state index is 0.0561. The van der Waals surface area contributed by atoms with Gasteiger partial charge in [-0.15, -0.1) is 0 Å². The van der Waals surface area contributed by atoms with E-state index in [1.807, 2.05) is 0 Å². The highest BCUT2D eigenvalue weighted by molar-refractivity contribution is 6.33. The highest BCUT2D eigenvalue weighted by atomic mass is 35.5. The molecule has 0 heterocycles. The third-order valence-electron chi connectivity index (χ3n) is 3.34. The predicted molar refractivity (Wildman–Crippen MR) is 92.1 cm³/mol. The van der Waals surface area contributed by atoms with Gasteiger partial charge in [-0.25, -0.2) is 9.18 Å². The van der Waals surface area contributed by atoms with Gasteiger partial charge in [0.05, 0.1) is 22.9 Å². The van der Waals surface area contributed by atoms with Gasteiger partial charge in [0.15, 0.2) is 6.10 Å². The molecule has 0 spiro atoms. The van der Waals surface area contributed by atoms with Crippen molar-refractivity contribution in [1.82, 2.24) is 0 Å². The zero-order valence-electron chi connectivity index (χ0n) is 13.7. The Labute approximate surface area is 149 Å². The lowest BCUT2D eigenvalue weighted by Crippen LogP contribution is -2.30. The minimum Gasteiger partial charge on any atom is -0.449 e. The van der Waals surface area contributed by atoms with Gasteiger partial charge >= 0.3 is 5.97 Å². The third kappa shape index (κ3) is 5.27. The first-order valence-electron chi connectivity index (χ1n) is 7.45. The summed E-state index contributed by atoms with van der Waals surface area (Å²) < 4.78 is 23.1. The van der Waals surface area contributed by atoms with Gasteiger partial charge in [0, 0.05) is 7.11 Å². The highest BCUT2D eigenvalue weighted by Crippen LogP contribution is 2.22. The standard InChI is InChI=1S/C18H17ClFNO4/c1-11(17(22)21-16-8-7-14(20)9-15(16)19)25-18(23)13-5-3-12(4-6-13)10-24-2/h3-9,11H,10H2,1-2H3,(H,21,22)/t11-/m1/s1. The van der Waals surface area contributed by atoms with Crippen LogP contribution in [0, 0.1) is 5.82 Å². The summed E-state index contributed by atoms with van der Waals surface area (Å²) in [5, 5.41) is 2.54. The minimum atomic E-state index is -1.05. The molecule has 0 aliphatic carbocycles. The summed E-state index contributed by atoms with van der Waals surface area (Å²) in [6, 6.07) is 10.2. The number of carbonyl (C=O) groups is 2. The van der Waals surface area contributed by atoms with Gasteiger partial charge in [0.2, 0.25) is 0 Å². The van der Waals surface area contributed by atoms with Crippen LogP contribution >= 0.6 is 11.6 Å². The molecule has 1 amide bonds. The van der Waals surface area contributed by atoms with E-state index >= 15 is 0 Å². The molecule has 2 aromatic carbocycles. The molecule has 0 bridgehead atoms. The Hall–Kier alpha value is -2.44. The molecule has 0 aliphatic heterocycles. The molecular weight excluding hydrogens is 349 g/mol. The molecule has 1 N–H and O–H groups in total. The summed E-state index contributed by atoms with van der Waals surface area (Å²) in [6.07, 6.45) is -1.05. The van der Waals surface area contributed by atoms with Crippen molar-refractivity contribution in [2.24, 2.45) is 0 Å². The van der Waals surface area contributed by atoms with Gasteiger partial charge in [-0.05, 0) is 42.8 Å². The molecule has 0 fully saturated rings. The van der Waals surface area contributed by atoms with E-state index in [2.05, 4.69) is 5.32 Å². The Kier molecular flexibility index (Phi) is 6.50. The number of esters is 1. The summed E-state index contributed by atoms with van der Waals surface area (Å²) in [5.41, 5.74) is 1.47. The van der Waals surface area contributed by atoms with E-state index in [0.29, 0.717) is 12.2 Å². The van der Waals surface area contributed by atoms with Crippen molar-refractivity contribution in [3.63, 3.8) is 0 Å². The second-order valence-electron chi connectivity index (χ2n) is 5.29. The van der Waals surface area contributed by atoms with Crippen molar-refractivity contribution in [1.29, 1.82) is 0 Å². The lowest BCUT2D eigenvalue weighted by atomic mass is 10.1. The number of anilines is 1. The van der Waals surface area contributed by atoms with E-state index in [-0.39, 0.29) is 10.7 Å². The van der Waals surface area contributed by atoms with Crippen molar-refractivity contribution in [2.45, 2.75) is 19.6 Å². The molecule has 0 aromatic heterocycles. The number of rotatable bonds is 6. The summed E-state index contributed by atoms with van der Waals surface area (Å²) in [5.74, 6) is -1.71. The van der Waals surface area contributed by atoms with Gasteiger partial charge < -0.3 is 14.8 Å². The van der Waals surface area contributed by atoms with Crippen molar-refractivity contribution < 1.29 is 23.5 Å². The Balaban J connectivity index is 1.96. The maximum Gasteiger partial charge on any atom is 0.338 e. The van der Waals surface area contributed by atoms with Gasteiger partial charge in [-0.2, -0.15) is 0 Å². The molecule has 1 atom stereocenters. The largest absolute Gasteiger partial charge is 0.449 e. The summed E-state index contributed by atoms with van der Waals surface area (Å²) >= 11 is 5.85. The monoisotopic (exact) mass is 365 g/mol. The third-order valence-corrected chi connectivity index (χ3v) is 3.66. The van der Waals surface area contributed by atoms with Crippen molar-refractivity contribution in [2.75, 3.05) is 12.4 Å². The SMILES string of the molecule is COCc1ccc(C(=O)O[C@H](C)C(=O)Nc2ccc(F)cc2Cl)cc1. The predicted octanol–water partition coefficient (Wildman–Crippen LogP) is 3.81. The lowest BCUT2D eigenvalue weighted by Gasteiger charge is -2.14. The van der Waals surface area contributed by atoms with Crippen LogP contribution < -0.4 is 5.32 Å². The second kappa shape index (κ2) is 8.60. The zero-order chi connectivity index (χ0) is 18.4. The Bertz CT molecular complexity index is 764. The second-order valence-corrected chi connectivity index (χ2v) is 5.70. The van der Waals surface area contributed by atoms with Crippen molar-refractivity contribution in [3.8, 4) is 0 Å². The maximum absolute atomic E-state index is 13.0. The van der Waals surface area contributed by atoms with E-state index in [1.54, 1.807) is 31.4 Å². The summed E-state index contributed by atoms with van der Waals surface area (Å²) in [4.78, 5) is 24.2. The van der Waals surface area contributed by atoms with E-state index in [9.17, 15) is 14.0 Å². The number of ether oxygens (including phenoxy) is 2. The highest BCUT2D eigenvalue weighted by Gasteiger charge is 2.20. The van der Waals surface area contributed by atoms with Gasteiger partial charge in [0.25, 0.3) is 5.91 Å². The molecule has 5 nitrogen and oxygen atoms in total. The van der Waals surface area contributed by atoms with Crippen LogP contribution in [0.2, 0.25) is 5.02 Å². The number of carbonyl (C=O) groups excluding carboxylic acids is 2. The van der Waals surface area contributed by atoms with Crippen LogP contribution in [0.25, 0.3) is 0 Å². The fraction of sp³-hybridized carbons (Fsp3) is 0.222. The number of hydrogen-bond donors (Lipinski definition) is 1. The van der Waals surface area contributed by atoms with E-state index in [1.165, 1.54) is 19.1 Å². The number of nitrogens with one attached hydrogen (secondary N) is 1. The average molecular weight is 366 g/mol. The molecule has 0 saturated carbocycles. The van der Waals surface area contributed by atoms with Crippen LogP contribution in [0.5, 0.6) is 0 Å². The molecule has 0 saturated heterocycles. The number of amides is 1. The summed E-state index contributed by atoms with van der Waals surface area (Å²) in [7, 11) is 1.58. The molecule has 2 rings (SSSR count).